The molecule has 1 aromatic heterocycles. The quantitative estimate of drug-likeness (QED) is 0.882. The van der Waals surface area contributed by atoms with Crippen molar-refractivity contribution in [1.29, 1.82) is 0 Å². The van der Waals surface area contributed by atoms with Gasteiger partial charge in [0.15, 0.2) is 11.5 Å². The standard InChI is InChI=1S/C21H24N4O3/c26-19(23-9-14-1-2-17-18(4-14)28-13-27-17)20-5-15-3-16(6-20)8-21(7-15,10-20)25-12-22-11-24-25/h1-2,4,11-12,15-16H,3,5-10,13H2,(H,23,26)/t15-,16-,20?,21?/m1/s1. The van der Waals surface area contributed by atoms with Crippen LogP contribution in [-0.4, -0.2) is 27.5 Å². The molecule has 28 heavy (non-hydrogen) atoms. The molecule has 1 aromatic carbocycles. The number of rotatable bonds is 4. The largest absolute Gasteiger partial charge is 0.454 e. The third kappa shape index (κ3) is 2.38. The van der Waals surface area contributed by atoms with Gasteiger partial charge < -0.3 is 14.8 Å². The Bertz CT molecular complexity index is 912. The molecular formula is C21H24N4O3. The fraction of sp³-hybridized carbons (Fsp3) is 0.571. The number of nitrogens with zero attached hydrogens (tertiary/aromatic N) is 3. The molecule has 5 aliphatic rings. The van der Waals surface area contributed by atoms with E-state index in [-0.39, 0.29) is 23.7 Å². The van der Waals surface area contributed by atoms with Gasteiger partial charge in [0.25, 0.3) is 0 Å². The second-order valence-corrected chi connectivity index (χ2v) is 9.18. The summed E-state index contributed by atoms with van der Waals surface area (Å²) in [7, 11) is 0. The van der Waals surface area contributed by atoms with Crippen molar-refractivity contribution < 1.29 is 14.3 Å². The maximum absolute atomic E-state index is 13.4. The molecule has 1 aliphatic heterocycles. The second-order valence-electron chi connectivity index (χ2n) is 9.18. The molecular weight excluding hydrogens is 356 g/mol. The summed E-state index contributed by atoms with van der Waals surface area (Å²) in [4.78, 5) is 17.6. The smallest absolute Gasteiger partial charge is 0.231 e. The van der Waals surface area contributed by atoms with E-state index in [1.165, 1.54) is 6.42 Å². The molecule has 1 amide bonds. The fourth-order valence-corrected chi connectivity index (χ4v) is 6.62. The zero-order valence-electron chi connectivity index (χ0n) is 15.8. The number of fused-ring (bicyclic) bond motifs is 1. The van der Waals surface area contributed by atoms with Gasteiger partial charge >= 0.3 is 0 Å². The van der Waals surface area contributed by atoms with Gasteiger partial charge in [-0.2, -0.15) is 5.10 Å². The summed E-state index contributed by atoms with van der Waals surface area (Å²) in [5, 5.41) is 7.70. The van der Waals surface area contributed by atoms with Gasteiger partial charge in [-0.05, 0) is 68.1 Å². The lowest BCUT2D eigenvalue weighted by atomic mass is 9.46. The van der Waals surface area contributed by atoms with Crippen molar-refractivity contribution in [1.82, 2.24) is 20.1 Å². The first-order valence-electron chi connectivity index (χ1n) is 10.2. The Morgan fingerprint density at radius 3 is 2.79 bits per heavy atom. The molecule has 0 radical (unpaired) electrons. The van der Waals surface area contributed by atoms with Crippen LogP contribution in [0.25, 0.3) is 0 Å². The molecule has 2 atom stereocenters. The predicted octanol–water partition coefficient (Wildman–Crippen LogP) is 2.62. The Kier molecular flexibility index (Phi) is 3.35. The van der Waals surface area contributed by atoms with Gasteiger partial charge in [-0.15, -0.1) is 0 Å². The van der Waals surface area contributed by atoms with Crippen molar-refractivity contribution in [3.8, 4) is 11.5 Å². The highest BCUT2D eigenvalue weighted by Crippen LogP contribution is 2.64. The first-order valence-corrected chi connectivity index (χ1v) is 10.2. The first kappa shape index (κ1) is 16.4. The van der Waals surface area contributed by atoms with Crippen LogP contribution in [0.5, 0.6) is 11.5 Å². The molecule has 4 bridgehead atoms. The molecule has 4 fully saturated rings. The van der Waals surface area contributed by atoms with E-state index in [4.69, 9.17) is 9.47 Å². The van der Waals surface area contributed by atoms with Crippen LogP contribution < -0.4 is 14.8 Å². The lowest BCUT2D eigenvalue weighted by Crippen LogP contribution is -2.60. The molecule has 0 unspecified atom stereocenters. The van der Waals surface area contributed by atoms with Gasteiger partial charge in [0, 0.05) is 6.54 Å². The number of ether oxygens (including phenoxy) is 2. The number of aromatic nitrogens is 3. The van der Waals surface area contributed by atoms with E-state index in [1.807, 2.05) is 29.2 Å². The van der Waals surface area contributed by atoms with E-state index < -0.39 is 0 Å². The number of amides is 1. The lowest BCUT2D eigenvalue weighted by Gasteiger charge is -2.60. The molecule has 0 spiro atoms. The summed E-state index contributed by atoms with van der Waals surface area (Å²) in [6.45, 7) is 0.782. The zero-order chi connectivity index (χ0) is 18.8. The van der Waals surface area contributed by atoms with Gasteiger partial charge in [0.05, 0.1) is 11.0 Å². The number of hydrogen-bond acceptors (Lipinski definition) is 5. The number of carbonyl (C=O) groups is 1. The topological polar surface area (TPSA) is 78.3 Å². The molecule has 7 rings (SSSR count). The molecule has 0 saturated heterocycles. The van der Waals surface area contributed by atoms with Crippen molar-refractivity contribution >= 4 is 5.91 Å². The minimum atomic E-state index is -0.271. The molecule has 7 heteroatoms. The summed E-state index contributed by atoms with van der Waals surface area (Å²) in [5.41, 5.74) is 0.733. The van der Waals surface area contributed by atoms with Crippen LogP contribution in [0.3, 0.4) is 0 Å². The van der Waals surface area contributed by atoms with E-state index >= 15 is 0 Å². The predicted molar refractivity (Wildman–Crippen MR) is 99.5 cm³/mol. The highest BCUT2D eigenvalue weighted by Gasteiger charge is 2.61. The van der Waals surface area contributed by atoms with Crippen LogP contribution in [-0.2, 0) is 16.9 Å². The summed E-state index contributed by atoms with van der Waals surface area (Å²) in [6, 6.07) is 5.86. The summed E-state index contributed by atoms with van der Waals surface area (Å²) >= 11 is 0. The number of nitrogens with one attached hydrogen (secondary N) is 1. The normalized spacial score (nSPS) is 34.6. The van der Waals surface area contributed by atoms with Crippen molar-refractivity contribution in [2.24, 2.45) is 17.3 Å². The first-order chi connectivity index (χ1) is 13.6. The number of hydrogen-bond donors (Lipinski definition) is 1. The van der Waals surface area contributed by atoms with E-state index in [0.29, 0.717) is 18.4 Å². The van der Waals surface area contributed by atoms with Crippen LogP contribution in [0.2, 0.25) is 0 Å². The molecule has 2 aromatic rings. The van der Waals surface area contributed by atoms with Crippen molar-refractivity contribution in [2.75, 3.05) is 6.79 Å². The average Bonchev–Trinajstić information content (AvgIpc) is 3.36. The average molecular weight is 380 g/mol. The SMILES string of the molecule is O=C(NCc1ccc2c(c1)OCO2)C12C[C@H]3C[C@H](C1)CC(n1cncn1)(C3)C2. The Hall–Kier alpha value is -2.57. The minimum Gasteiger partial charge on any atom is -0.454 e. The van der Waals surface area contributed by atoms with E-state index in [1.54, 1.807) is 6.33 Å². The van der Waals surface area contributed by atoms with Crippen LogP contribution in [0, 0.1) is 17.3 Å². The van der Waals surface area contributed by atoms with Gasteiger partial charge in [-0.1, -0.05) is 6.07 Å². The number of benzene rings is 1. The number of carbonyl (C=O) groups excluding carboxylic acids is 1. The molecule has 4 saturated carbocycles. The van der Waals surface area contributed by atoms with Gasteiger partial charge in [0.2, 0.25) is 12.7 Å². The molecule has 7 nitrogen and oxygen atoms in total. The van der Waals surface area contributed by atoms with E-state index in [2.05, 4.69) is 15.4 Å². The Labute approximate surface area is 163 Å². The molecule has 146 valence electrons. The van der Waals surface area contributed by atoms with Crippen molar-refractivity contribution in [3.05, 3.63) is 36.4 Å². The third-order valence-corrected chi connectivity index (χ3v) is 7.31. The lowest BCUT2D eigenvalue weighted by molar-refractivity contribution is -0.156. The summed E-state index contributed by atoms with van der Waals surface area (Å²) in [5.74, 6) is 2.95. The zero-order valence-corrected chi connectivity index (χ0v) is 15.8. The second kappa shape index (κ2) is 5.72. The van der Waals surface area contributed by atoms with Crippen LogP contribution in [0.4, 0.5) is 0 Å². The van der Waals surface area contributed by atoms with Gasteiger partial charge in [-0.25, -0.2) is 9.67 Å². The van der Waals surface area contributed by atoms with E-state index in [0.717, 1.165) is 49.2 Å². The van der Waals surface area contributed by atoms with Crippen LogP contribution in [0.15, 0.2) is 30.9 Å². The maximum atomic E-state index is 13.4. The third-order valence-electron chi connectivity index (χ3n) is 7.31. The Morgan fingerprint density at radius 1 is 1.18 bits per heavy atom. The molecule has 2 heterocycles. The highest BCUT2D eigenvalue weighted by molar-refractivity contribution is 5.83. The van der Waals surface area contributed by atoms with Crippen molar-refractivity contribution in [3.63, 3.8) is 0 Å². The van der Waals surface area contributed by atoms with Crippen molar-refractivity contribution in [2.45, 2.75) is 50.6 Å². The maximum Gasteiger partial charge on any atom is 0.231 e. The monoisotopic (exact) mass is 380 g/mol. The summed E-state index contributed by atoms with van der Waals surface area (Å²) in [6.07, 6.45) is 9.86. The van der Waals surface area contributed by atoms with Crippen LogP contribution in [0.1, 0.15) is 44.1 Å². The van der Waals surface area contributed by atoms with Gasteiger partial charge in [-0.3, -0.25) is 4.79 Å². The highest BCUT2D eigenvalue weighted by atomic mass is 16.7. The minimum absolute atomic E-state index is 0.0311. The molecule has 4 aliphatic carbocycles. The molecule has 1 N–H and O–H groups in total. The van der Waals surface area contributed by atoms with Gasteiger partial charge in [0.1, 0.15) is 12.7 Å². The van der Waals surface area contributed by atoms with Crippen LogP contribution >= 0.6 is 0 Å². The fourth-order valence-electron chi connectivity index (χ4n) is 6.62. The Balaban J connectivity index is 1.23. The van der Waals surface area contributed by atoms with E-state index in [9.17, 15) is 4.79 Å². The summed E-state index contributed by atoms with van der Waals surface area (Å²) < 4.78 is 12.9. The Morgan fingerprint density at radius 2 is 2.00 bits per heavy atom.